The largest absolute Gasteiger partial charge is 0.359 e. The number of amides is 1. The van der Waals surface area contributed by atoms with Crippen LogP contribution in [0.25, 0.3) is 11.0 Å². The smallest absolute Gasteiger partial charge is 0.273 e. The first-order valence-corrected chi connectivity index (χ1v) is 8.47. The molecule has 1 amide bonds. The SMILES string of the molecule is O=C(NCCc1ccccc1)c1cc(Cn2cnc3ccccc32)on1. The summed E-state index contributed by atoms with van der Waals surface area (Å²) in [6, 6.07) is 19.6. The van der Waals surface area contributed by atoms with E-state index < -0.39 is 0 Å². The van der Waals surface area contributed by atoms with Crippen molar-refractivity contribution in [2.24, 2.45) is 0 Å². The summed E-state index contributed by atoms with van der Waals surface area (Å²) in [5, 5.41) is 6.75. The Hall–Kier alpha value is -3.41. The molecule has 0 atom stereocenters. The van der Waals surface area contributed by atoms with E-state index in [4.69, 9.17) is 4.52 Å². The molecule has 0 bridgehead atoms. The molecule has 0 radical (unpaired) electrons. The van der Waals surface area contributed by atoms with Crippen LogP contribution in [0.5, 0.6) is 0 Å². The van der Waals surface area contributed by atoms with Gasteiger partial charge in [-0.25, -0.2) is 4.98 Å². The van der Waals surface area contributed by atoms with Crippen LogP contribution in [0, 0.1) is 0 Å². The molecule has 0 spiro atoms. The maximum Gasteiger partial charge on any atom is 0.273 e. The molecule has 0 unspecified atom stereocenters. The van der Waals surface area contributed by atoms with Crippen molar-refractivity contribution in [2.75, 3.05) is 6.54 Å². The molecule has 2 aromatic heterocycles. The van der Waals surface area contributed by atoms with Crippen LogP contribution in [0.4, 0.5) is 0 Å². The van der Waals surface area contributed by atoms with E-state index in [1.807, 2.05) is 59.2 Å². The maximum atomic E-state index is 12.2. The average Bonchev–Trinajstić information content (AvgIpc) is 3.31. The zero-order valence-electron chi connectivity index (χ0n) is 14.1. The molecule has 0 saturated carbocycles. The summed E-state index contributed by atoms with van der Waals surface area (Å²) in [6.45, 7) is 1.03. The summed E-state index contributed by atoms with van der Waals surface area (Å²) in [7, 11) is 0. The Labute approximate surface area is 150 Å². The van der Waals surface area contributed by atoms with E-state index in [0.717, 1.165) is 17.5 Å². The summed E-state index contributed by atoms with van der Waals surface area (Å²) in [5.41, 5.74) is 3.40. The number of para-hydroxylation sites is 2. The van der Waals surface area contributed by atoms with Gasteiger partial charge in [-0.05, 0) is 24.1 Å². The van der Waals surface area contributed by atoms with Crippen molar-refractivity contribution >= 4 is 16.9 Å². The zero-order valence-corrected chi connectivity index (χ0v) is 14.1. The number of imidazole rings is 1. The fourth-order valence-electron chi connectivity index (χ4n) is 2.85. The predicted octanol–water partition coefficient (Wildman–Crippen LogP) is 3.05. The number of aromatic nitrogens is 3. The molecule has 0 aliphatic heterocycles. The maximum absolute atomic E-state index is 12.2. The molecule has 6 heteroatoms. The third kappa shape index (κ3) is 3.49. The second-order valence-electron chi connectivity index (χ2n) is 6.03. The fourth-order valence-corrected chi connectivity index (χ4v) is 2.85. The van der Waals surface area contributed by atoms with Gasteiger partial charge in [0.05, 0.1) is 23.9 Å². The van der Waals surface area contributed by atoms with Gasteiger partial charge in [0.15, 0.2) is 11.5 Å². The van der Waals surface area contributed by atoms with Crippen molar-refractivity contribution in [3.63, 3.8) is 0 Å². The lowest BCUT2D eigenvalue weighted by Gasteiger charge is -2.02. The van der Waals surface area contributed by atoms with E-state index in [1.165, 1.54) is 5.56 Å². The molecule has 1 N–H and O–H groups in total. The minimum atomic E-state index is -0.230. The number of hydrogen-bond acceptors (Lipinski definition) is 4. The molecule has 0 saturated heterocycles. The summed E-state index contributed by atoms with van der Waals surface area (Å²) in [5.74, 6) is 0.382. The zero-order chi connectivity index (χ0) is 17.8. The average molecular weight is 346 g/mol. The number of nitrogens with one attached hydrogen (secondary N) is 1. The van der Waals surface area contributed by atoms with Crippen molar-refractivity contribution in [2.45, 2.75) is 13.0 Å². The summed E-state index contributed by atoms with van der Waals surface area (Å²) in [6.07, 6.45) is 2.53. The number of nitrogens with zero attached hydrogens (tertiary/aromatic N) is 3. The number of benzene rings is 2. The van der Waals surface area contributed by atoms with Gasteiger partial charge in [0.1, 0.15) is 0 Å². The minimum Gasteiger partial charge on any atom is -0.359 e. The molecule has 2 heterocycles. The lowest BCUT2D eigenvalue weighted by molar-refractivity contribution is 0.0945. The van der Waals surface area contributed by atoms with E-state index in [9.17, 15) is 4.79 Å². The number of rotatable bonds is 6. The van der Waals surface area contributed by atoms with E-state index in [-0.39, 0.29) is 11.6 Å². The van der Waals surface area contributed by atoms with Crippen LogP contribution in [0.3, 0.4) is 0 Å². The topological polar surface area (TPSA) is 73.0 Å². The lowest BCUT2D eigenvalue weighted by Crippen LogP contribution is -2.25. The van der Waals surface area contributed by atoms with Crippen molar-refractivity contribution in [1.82, 2.24) is 20.0 Å². The minimum absolute atomic E-state index is 0.230. The summed E-state index contributed by atoms with van der Waals surface area (Å²) in [4.78, 5) is 16.6. The van der Waals surface area contributed by atoms with Gasteiger partial charge >= 0.3 is 0 Å². The highest BCUT2D eigenvalue weighted by Crippen LogP contribution is 2.14. The molecule has 0 fully saturated rings. The fraction of sp³-hybridized carbons (Fsp3) is 0.150. The molecule has 2 aromatic carbocycles. The van der Waals surface area contributed by atoms with Gasteiger partial charge in [-0.15, -0.1) is 0 Å². The first-order valence-electron chi connectivity index (χ1n) is 8.47. The highest BCUT2D eigenvalue weighted by atomic mass is 16.5. The Morgan fingerprint density at radius 3 is 2.77 bits per heavy atom. The summed E-state index contributed by atoms with van der Waals surface area (Å²) >= 11 is 0. The van der Waals surface area contributed by atoms with E-state index in [1.54, 1.807) is 12.4 Å². The molecular formula is C20H18N4O2. The number of carbonyl (C=O) groups is 1. The normalized spacial score (nSPS) is 10.9. The Morgan fingerprint density at radius 1 is 1.08 bits per heavy atom. The van der Waals surface area contributed by atoms with Crippen molar-refractivity contribution in [1.29, 1.82) is 0 Å². The molecule has 130 valence electrons. The number of fused-ring (bicyclic) bond motifs is 1. The third-order valence-corrected chi connectivity index (χ3v) is 4.19. The molecule has 6 nitrogen and oxygen atoms in total. The van der Waals surface area contributed by atoms with Crippen molar-refractivity contribution < 1.29 is 9.32 Å². The van der Waals surface area contributed by atoms with Gasteiger partial charge in [0.25, 0.3) is 5.91 Å². The van der Waals surface area contributed by atoms with Crippen molar-refractivity contribution in [3.8, 4) is 0 Å². The summed E-state index contributed by atoms with van der Waals surface area (Å²) < 4.78 is 7.28. The van der Waals surface area contributed by atoms with Gasteiger partial charge in [0.2, 0.25) is 0 Å². The van der Waals surface area contributed by atoms with E-state index >= 15 is 0 Å². The second-order valence-corrected chi connectivity index (χ2v) is 6.03. The predicted molar refractivity (Wildman–Crippen MR) is 97.8 cm³/mol. The highest BCUT2D eigenvalue weighted by molar-refractivity contribution is 5.92. The van der Waals surface area contributed by atoms with Crippen LogP contribution < -0.4 is 5.32 Å². The van der Waals surface area contributed by atoms with E-state index in [0.29, 0.717) is 18.8 Å². The Kier molecular flexibility index (Phi) is 4.47. The van der Waals surface area contributed by atoms with Gasteiger partial charge in [-0.2, -0.15) is 0 Å². The van der Waals surface area contributed by atoms with Gasteiger partial charge < -0.3 is 14.4 Å². The standard InChI is InChI=1S/C20H18N4O2/c25-20(21-11-10-15-6-2-1-3-7-15)18-12-16(26-23-18)13-24-14-22-17-8-4-5-9-19(17)24/h1-9,12,14H,10-11,13H2,(H,21,25). The van der Waals surface area contributed by atoms with E-state index in [2.05, 4.69) is 15.5 Å². The van der Waals surface area contributed by atoms with Crippen LogP contribution in [0.1, 0.15) is 21.8 Å². The van der Waals surface area contributed by atoms with Crippen LogP contribution in [0.15, 0.2) is 71.5 Å². The molecule has 0 aliphatic carbocycles. The number of hydrogen-bond donors (Lipinski definition) is 1. The quantitative estimate of drug-likeness (QED) is 0.582. The van der Waals surface area contributed by atoms with Gasteiger partial charge in [0, 0.05) is 12.6 Å². The van der Waals surface area contributed by atoms with Crippen LogP contribution in [0.2, 0.25) is 0 Å². The monoisotopic (exact) mass is 346 g/mol. The molecule has 26 heavy (non-hydrogen) atoms. The first kappa shape index (κ1) is 16.1. The molecular weight excluding hydrogens is 328 g/mol. The van der Waals surface area contributed by atoms with Crippen LogP contribution in [-0.2, 0) is 13.0 Å². The lowest BCUT2D eigenvalue weighted by atomic mass is 10.1. The molecule has 4 rings (SSSR count). The van der Waals surface area contributed by atoms with Crippen LogP contribution >= 0.6 is 0 Å². The number of carbonyl (C=O) groups excluding carboxylic acids is 1. The van der Waals surface area contributed by atoms with Crippen molar-refractivity contribution in [3.05, 3.63) is 84.0 Å². The van der Waals surface area contributed by atoms with Gasteiger partial charge in [-0.3, -0.25) is 4.79 Å². The second kappa shape index (κ2) is 7.23. The molecule has 0 aliphatic rings. The Balaban J connectivity index is 1.37. The van der Waals surface area contributed by atoms with Crippen LogP contribution in [-0.4, -0.2) is 27.2 Å². The Bertz CT molecular complexity index is 1020. The Morgan fingerprint density at radius 2 is 1.88 bits per heavy atom. The molecule has 4 aromatic rings. The first-order chi connectivity index (χ1) is 12.8. The highest BCUT2D eigenvalue weighted by Gasteiger charge is 2.13. The van der Waals surface area contributed by atoms with Gasteiger partial charge in [-0.1, -0.05) is 47.6 Å². The third-order valence-electron chi connectivity index (χ3n) is 4.19.